The molecule has 0 aromatic heterocycles. The molecular formula is C39H50N2O7. The maximum absolute atomic E-state index is 12.4. The maximum Gasteiger partial charge on any atom is 0.303 e. The summed E-state index contributed by atoms with van der Waals surface area (Å²) in [5.41, 5.74) is 6.00. The number of aliphatic carboxylic acids is 1. The van der Waals surface area contributed by atoms with Crippen LogP contribution < -0.4 is 5.32 Å². The molecule has 4 atom stereocenters. The number of likely N-dealkylation sites (tertiary alicyclic amines) is 1. The summed E-state index contributed by atoms with van der Waals surface area (Å²) in [6, 6.07) is 24.9. The number of carboxylic acids is 1. The van der Waals surface area contributed by atoms with Crippen molar-refractivity contribution in [3.63, 3.8) is 0 Å². The minimum Gasteiger partial charge on any atom is -0.481 e. The van der Waals surface area contributed by atoms with Gasteiger partial charge in [-0.25, -0.2) is 0 Å². The fourth-order valence-electron chi connectivity index (χ4n) is 6.74. The largest absolute Gasteiger partial charge is 0.481 e. The second-order valence-electron chi connectivity index (χ2n) is 13.0. The third-order valence-corrected chi connectivity index (χ3v) is 9.36. The first-order valence-electron chi connectivity index (χ1n) is 17.3. The number of aliphatic hydroxyl groups excluding tert-OH is 1. The topological polar surface area (TPSA) is 118 Å². The lowest BCUT2D eigenvalue weighted by Crippen LogP contribution is -2.42. The molecule has 0 spiro atoms. The lowest BCUT2D eigenvalue weighted by atomic mass is 9.98. The minimum atomic E-state index is -0.772. The summed E-state index contributed by atoms with van der Waals surface area (Å²) in [5, 5.41) is 21.3. The first kappa shape index (κ1) is 35.7. The van der Waals surface area contributed by atoms with Gasteiger partial charge in [-0.1, -0.05) is 73.5 Å². The molecule has 2 aliphatic heterocycles. The first-order valence-corrected chi connectivity index (χ1v) is 17.3. The van der Waals surface area contributed by atoms with Gasteiger partial charge in [0.2, 0.25) is 5.91 Å². The van der Waals surface area contributed by atoms with E-state index in [1.165, 1.54) is 0 Å². The van der Waals surface area contributed by atoms with Crippen LogP contribution in [0.25, 0.3) is 11.1 Å². The molecule has 2 saturated heterocycles. The number of amides is 1. The monoisotopic (exact) mass is 658 g/mol. The van der Waals surface area contributed by atoms with Crippen LogP contribution in [0.1, 0.15) is 92.4 Å². The molecule has 3 aromatic carbocycles. The van der Waals surface area contributed by atoms with Gasteiger partial charge in [0.15, 0.2) is 6.29 Å². The third-order valence-electron chi connectivity index (χ3n) is 9.36. The van der Waals surface area contributed by atoms with Crippen LogP contribution in [0, 0.1) is 0 Å². The highest BCUT2D eigenvalue weighted by molar-refractivity contribution is 5.76. The van der Waals surface area contributed by atoms with Crippen molar-refractivity contribution >= 4 is 11.9 Å². The standard InChI is InChI=1S/C39H50N2O7/c1-46-27-34-13-8-20-41(34)25-35-23-36(30-18-16-28(26-42)17-19-30)48-39(47-35)33-12-7-11-32(22-33)31-10-6-9-29(21-31)24-40-37(43)14-4-2-3-5-15-38(44)45/h6-7,9-12,16-19,21-22,34-36,39,42H,2-5,8,13-15,20,23-27H2,1H3,(H,40,43)(H,44,45)/t34-,35+,36-,39-/m0/s1. The predicted molar refractivity (Wildman–Crippen MR) is 184 cm³/mol. The van der Waals surface area contributed by atoms with Gasteiger partial charge in [-0.2, -0.15) is 0 Å². The summed E-state index contributed by atoms with van der Waals surface area (Å²) in [6.07, 6.45) is 6.02. The highest BCUT2D eigenvalue weighted by Gasteiger charge is 2.35. The number of carbonyl (C=O) groups is 2. The fourth-order valence-corrected chi connectivity index (χ4v) is 6.74. The van der Waals surface area contributed by atoms with Crippen LogP contribution in [0.4, 0.5) is 0 Å². The molecular weight excluding hydrogens is 608 g/mol. The summed E-state index contributed by atoms with van der Waals surface area (Å²) in [5.74, 6) is -0.768. The zero-order valence-corrected chi connectivity index (χ0v) is 28.0. The summed E-state index contributed by atoms with van der Waals surface area (Å²) in [6.45, 7) is 3.03. The normalized spacial score (nSPS) is 21.3. The number of ether oxygens (including phenoxy) is 3. The Bertz CT molecular complexity index is 1460. The number of carbonyl (C=O) groups excluding carboxylic acids is 1. The Kier molecular flexibility index (Phi) is 13.6. The number of carboxylic acid groups (broad SMARTS) is 1. The number of hydrogen-bond acceptors (Lipinski definition) is 7. The molecule has 9 nitrogen and oxygen atoms in total. The Balaban J connectivity index is 1.24. The molecule has 0 bridgehead atoms. The van der Waals surface area contributed by atoms with Gasteiger partial charge in [0.1, 0.15) is 0 Å². The SMILES string of the molecule is COC[C@@H]1CCCN1C[C@H]1C[C@@H](c2ccc(CO)cc2)O[C@@H](c2cccc(-c3cccc(CNC(=O)CCCCCCC(=O)O)c3)c2)O1. The van der Waals surface area contributed by atoms with Crippen LogP contribution in [-0.4, -0.2) is 65.9 Å². The van der Waals surface area contributed by atoms with Crippen molar-refractivity contribution in [1.29, 1.82) is 0 Å². The van der Waals surface area contributed by atoms with Gasteiger partial charge in [0.05, 0.1) is 25.4 Å². The zero-order chi connectivity index (χ0) is 33.7. The average molecular weight is 659 g/mol. The van der Waals surface area contributed by atoms with E-state index in [0.29, 0.717) is 25.4 Å². The maximum atomic E-state index is 12.4. The van der Waals surface area contributed by atoms with Gasteiger partial charge in [-0.3, -0.25) is 14.5 Å². The van der Waals surface area contributed by atoms with E-state index in [-0.39, 0.29) is 31.1 Å². The average Bonchev–Trinajstić information content (AvgIpc) is 3.55. The van der Waals surface area contributed by atoms with Crippen LogP contribution in [0.15, 0.2) is 72.8 Å². The van der Waals surface area contributed by atoms with Crippen LogP contribution in [0.5, 0.6) is 0 Å². The first-order chi connectivity index (χ1) is 23.4. The van der Waals surface area contributed by atoms with Gasteiger partial charge in [-0.15, -0.1) is 0 Å². The van der Waals surface area contributed by atoms with E-state index in [0.717, 1.165) is 91.6 Å². The van der Waals surface area contributed by atoms with Gasteiger partial charge in [-0.05, 0) is 72.2 Å². The van der Waals surface area contributed by atoms with E-state index in [2.05, 4.69) is 40.5 Å². The quantitative estimate of drug-likeness (QED) is 0.140. The molecule has 3 N–H and O–H groups in total. The Morgan fingerprint density at radius 3 is 2.40 bits per heavy atom. The molecule has 0 radical (unpaired) electrons. The zero-order valence-electron chi connectivity index (χ0n) is 28.0. The summed E-state index contributed by atoms with van der Waals surface area (Å²) >= 11 is 0. The fraction of sp³-hybridized carbons (Fsp3) is 0.487. The lowest BCUT2D eigenvalue weighted by Gasteiger charge is -2.39. The second kappa shape index (κ2) is 18.2. The number of benzene rings is 3. The molecule has 1 amide bonds. The van der Waals surface area contributed by atoms with Gasteiger partial charge in [0, 0.05) is 51.1 Å². The molecule has 5 rings (SSSR count). The third kappa shape index (κ3) is 10.4. The van der Waals surface area contributed by atoms with Gasteiger partial charge >= 0.3 is 5.97 Å². The molecule has 258 valence electrons. The molecule has 2 aliphatic rings. The molecule has 0 unspecified atom stereocenters. The predicted octanol–water partition coefficient (Wildman–Crippen LogP) is 6.54. The van der Waals surface area contributed by atoms with Crippen molar-refractivity contribution in [2.75, 3.05) is 26.8 Å². The number of nitrogens with one attached hydrogen (secondary N) is 1. The van der Waals surface area contributed by atoms with Crippen molar-refractivity contribution in [2.24, 2.45) is 0 Å². The Hall–Kier alpha value is -3.60. The van der Waals surface area contributed by atoms with Crippen LogP contribution >= 0.6 is 0 Å². The molecule has 48 heavy (non-hydrogen) atoms. The van der Waals surface area contributed by atoms with Crippen LogP contribution in [0.3, 0.4) is 0 Å². The molecule has 0 aliphatic carbocycles. The van der Waals surface area contributed by atoms with Crippen molar-refractivity contribution in [2.45, 2.75) is 95.5 Å². The number of nitrogens with zero attached hydrogens (tertiary/aromatic N) is 1. The number of unbranched alkanes of at least 4 members (excludes halogenated alkanes) is 3. The van der Waals surface area contributed by atoms with E-state index in [9.17, 15) is 14.7 Å². The van der Waals surface area contributed by atoms with Crippen molar-refractivity contribution in [3.05, 3.63) is 95.1 Å². The van der Waals surface area contributed by atoms with E-state index < -0.39 is 12.3 Å². The van der Waals surface area contributed by atoms with Gasteiger partial charge in [0.25, 0.3) is 0 Å². The Morgan fingerprint density at radius 2 is 1.65 bits per heavy atom. The molecule has 0 saturated carbocycles. The molecule has 2 heterocycles. The van der Waals surface area contributed by atoms with Gasteiger partial charge < -0.3 is 29.7 Å². The Labute approximate surface area is 284 Å². The molecule has 9 heteroatoms. The number of methoxy groups -OCH3 is 1. The van der Waals surface area contributed by atoms with Crippen molar-refractivity contribution in [3.8, 4) is 11.1 Å². The van der Waals surface area contributed by atoms with Crippen molar-refractivity contribution in [1.82, 2.24) is 10.2 Å². The number of aliphatic hydroxyl groups is 1. The van der Waals surface area contributed by atoms with Crippen LogP contribution in [0.2, 0.25) is 0 Å². The number of hydrogen-bond donors (Lipinski definition) is 3. The summed E-state index contributed by atoms with van der Waals surface area (Å²) < 4.78 is 18.8. The van der Waals surface area contributed by atoms with E-state index in [1.807, 2.05) is 42.5 Å². The smallest absolute Gasteiger partial charge is 0.303 e. The highest BCUT2D eigenvalue weighted by Crippen LogP contribution is 2.39. The van der Waals surface area contributed by atoms with Crippen molar-refractivity contribution < 1.29 is 34.0 Å². The Morgan fingerprint density at radius 1 is 0.896 bits per heavy atom. The van der Waals surface area contributed by atoms with E-state index in [4.69, 9.17) is 19.3 Å². The van der Waals surface area contributed by atoms with E-state index >= 15 is 0 Å². The lowest BCUT2D eigenvalue weighted by molar-refractivity contribution is -0.253. The summed E-state index contributed by atoms with van der Waals surface area (Å²) in [7, 11) is 1.76. The molecule has 2 fully saturated rings. The highest BCUT2D eigenvalue weighted by atomic mass is 16.7. The minimum absolute atomic E-state index is 0.00445. The van der Waals surface area contributed by atoms with Crippen LogP contribution in [-0.2, 0) is 37.0 Å². The van der Waals surface area contributed by atoms with E-state index in [1.54, 1.807) is 7.11 Å². The molecule has 3 aromatic rings. The second-order valence-corrected chi connectivity index (χ2v) is 13.0. The summed E-state index contributed by atoms with van der Waals surface area (Å²) in [4.78, 5) is 25.6. The number of rotatable bonds is 17.